The van der Waals surface area contributed by atoms with E-state index >= 15 is 0 Å². The molecule has 12 aromatic rings. The summed E-state index contributed by atoms with van der Waals surface area (Å²) in [5.41, 5.74) is 12.1. The minimum absolute atomic E-state index is 0.867. The van der Waals surface area contributed by atoms with Crippen LogP contribution in [0, 0.1) is 0 Å². The van der Waals surface area contributed by atoms with E-state index in [1.807, 2.05) is 12.2 Å². The molecule has 0 saturated heterocycles. The quantitative estimate of drug-likeness (QED) is 0.167. The standard InChI is InChI=1S/C53H35N5/c1-3-36-37-19-5-10-24-44(37)55(43(36)4-2)34-17-15-18-35(33-34)56-48-28-14-9-23-42(48)52-49(56)32-31-41-40-22-8-13-27-47(40)58(53(41)52)51-30-16-29-50(54-51)57-45-25-11-6-20-38(45)39-21-7-12-26-46(39)57/h3-33H,1-2H2. The second-order valence-corrected chi connectivity index (χ2v) is 14.9. The Balaban J connectivity index is 1.14. The normalized spacial score (nSPS) is 11.9. The Bertz CT molecular complexity index is 3620. The van der Waals surface area contributed by atoms with Crippen LogP contribution in [0.3, 0.4) is 0 Å². The van der Waals surface area contributed by atoms with E-state index in [0.29, 0.717) is 0 Å². The molecule has 0 spiro atoms. The predicted octanol–water partition coefficient (Wildman–Crippen LogP) is 13.6. The zero-order valence-electron chi connectivity index (χ0n) is 31.5. The first-order valence-electron chi connectivity index (χ1n) is 19.6. The number of pyridine rings is 1. The topological polar surface area (TPSA) is 32.6 Å². The Morgan fingerprint density at radius 1 is 0.362 bits per heavy atom. The van der Waals surface area contributed by atoms with Gasteiger partial charge < -0.3 is 9.13 Å². The van der Waals surface area contributed by atoms with E-state index in [1.165, 1.54) is 32.3 Å². The Morgan fingerprint density at radius 2 is 0.845 bits per heavy atom. The highest BCUT2D eigenvalue weighted by Crippen LogP contribution is 2.42. The highest BCUT2D eigenvalue weighted by Gasteiger charge is 2.23. The van der Waals surface area contributed by atoms with Crippen molar-refractivity contribution in [1.82, 2.24) is 23.3 Å². The van der Waals surface area contributed by atoms with Crippen molar-refractivity contribution in [2.24, 2.45) is 0 Å². The summed E-state index contributed by atoms with van der Waals surface area (Å²) in [5.74, 6) is 1.75. The van der Waals surface area contributed by atoms with E-state index in [4.69, 9.17) is 4.98 Å². The first-order chi connectivity index (χ1) is 28.7. The molecule has 5 nitrogen and oxygen atoms in total. The van der Waals surface area contributed by atoms with Crippen LogP contribution < -0.4 is 0 Å². The lowest BCUT2D eigenvalue weighted by molar-refractivity contribution is 1.02. The second kappa shape index (κ2) is 12.3. The van der Waals surface area contributed by atoms with Crippen LogP contribution in [0.5, 0.6) is 0 Å². The SMILES string of the molecule is C=Cc1c(C=C)n(-c2cccc(-n3c4ccccc4c4c3ccc3c5ccccc5n(-c5cccc(-n6c7ccccc7c7ccccc76)n5)c34)c2)c2ccccc12. The van der Waals surface area contributed by atoms with Crippen molar-refractivity contribution < 1.29 is 0 Å². The first-order valence-corrected chi connectivity index (χ1v) is 19.6. The summed E-state index contributed by atoms with van der Waals surface area (Å²) in [6.45, 7) is 8.38. The van der Waals surface area contributed by atoms with Crippen molar-refractivity contribution in [2.45, 2.75) is 0 Å². The third kappa shape index (κ3) is 4.38. The van der Waals surface area contributed by atoms with Gasteiger partial charge in [-0.1, -0.05) is 128 Å². The number of aromatic nitrogens is 5. The number of para-hydroxylation sites is 5. The van der Waals surface area contributed by atoms with Crippen LogP contribution in [0.25, 0.3) is 111 Å². The molecule has 0 radical (unpaired) electrons. The lowest BCUT2D eigenvalue weighted by Crippen LogP contribution is -2.03. The molecule has 5 heterocycles. The van der Waals surface area contributed by atoms with Gasteiger partial charge in [0.15, 0.2) is 0 Å². The number of hydrogen-bond acceptors (Lipinski definition) is 1. The minimum atomic E-state index is 0.867. The van der Waals surface area contributed by atoms with Crippen LogP contribution in [-0.2, 0) is 0 Å². The summed E-state index contributed by atoms with van der Waals surface area (Å²) in [4.78, 5) is 5.51. The molecule has 58 heavy (non-hydrogen) atoms. The first kappa shape index (κ1) is 32.4. The fourth-order valence-corrected chi connectivity index (χ4v) is 9.61. The van der Waals surface area contributed by atoms with Crippen molar-refractivity contribution in [3.63, 3.8) is 0 Å². The van der Waals surface area contributed by atoms with E-state index in [9.17, 15) is 0 Å². The van der Waals surface area contributed by atoms with Gasteiger partial charge in [0, 0.05) is 54.6 Å². The van der Waals surface area contributed by atoms with Gasteiger partial charge >= 0.3 is 0 Å². The smallest absolute Gasteiger partial charge is 0.140 e. The van der Waals surface area contributed by atoms with Gasteiger partial charge in [0.2, 0.25) is 0 Å². The third-order valence-electron chi connectivity index (χ3n) is 11.9. The number of benzene rings is 7. The molecule has 0 aliphatic heterocycles. The summed E-state index contributed by atoms with van der Waals surface area (Å²) < 4.78 is 9.37. The van der Waals surface area contributed by atoms with Crippen LogP contribution in [0.15, 0.2) is 189 Å². The van der Waals surface area contributed by atoms with Crippen LogP contribution in [0.1, 0.15) is 11.3 Å². The molecule has 12 rings (SSSR count). The monoisotopic (exact) mass is 741 g/mol. The molecule has 7 aromatic carbocycles. The van der Waals surface area contributed by atoms with E-state index in [2.05, 4.69) is 207 Å². The largest absolute Gasteiger partial charge is 0.309 e. The summed E-state index contributed by atoms with van der Waals surface area (Å²) in [6, 6.07) is 63.0. The Labute approximate surface area is 333 Å². The number of nitrogens with zero attached hydrogens (tertiary/aromatic N) is 5. The summed E-state index contributed by atoms with van der Waals surface area (Å²) in [6.07, 6.45) is 3.87. The molecule has 0 atom stereocenters. The fourth-order valence-electron chi connectivity index (χ4n) is 9.61. The van der Waals surface area contributed by atoms with Crippen LogP contribution in [0.2, 0.25) is 0 Å². The maximum absolute atomic E-state index is 5.51. The summed E-state index contributed by atoms with van der Waals surface area (Å²) in [7, 11) is 0. The van der Waals surface area contributed by atoms with Crippen LogP contribution in [-0.4, -0.2) is 23.3 Å². The van der Waals surface area contributed by atoms with Gasteiger partial charge in [0.1, 0.15) is 11.6 Å². The van der Waals surface area contributed by atoms with Crippen LogP contribution >= 0.6 is 0 Å². The average molecular weight is 742 g/mol. The minimum Gasteiger partial charge on any atom is -0.309 e. The van der Waals surface area contributed by atoms with Crippen molar-refractivity contribution in [2.75, 3.05) is 0 Å². The Kier molecular flexibility index (Phi) is 6.87. The second-order valence-electron chi connectivity index (χ2n) is 14.9. The molecular weight excluding hydrogens is 707 g/mol. The highest BCUT2D eigenvalue weighted by molar-refractivity contribution is 6.26. The van der Waals surface area contributed by atoms with Gasteiger partial charge in [0.25, 0.3) is 0 Å². The van der Waals surface area contributed by atoms with E-state index in [-0.39, 0.29) is 0 Å². The van der Waals surface area contributed by atoms with Crippen molar-refractivity contribution in [3.05, 3.63) is 200 Å². The van der Waals surface area contributed by atoms with E-state index in [0.717, 1.165) is 78.3 Å². The van der Waals surface area contributed by atoms with Crippen molar-refractivity contribution in [1.29, 1.82) is 0 Å². The molecule has 0 bridgehead atoms. The van der Waals surface area contributed by atoms with Gasteiger partial charge in [-0.15, -0.1) is 0 Å². The van der Waals surface area contributed by atoms with Gasteiger partial charge in [0.05, 0.1) is 44.3 Å². The molecule has 0 aliphatic rings. The van der Waals surface area contributed by atoms with Gasteiger partial charge in [-0.2, -0.15) is 0 Å². The third-order valence-corrected chi connectivity index (χ3v) is 11.9. The zero-order chi connectivity index (χ0) is 38.5. The van der Waals surface area contributed by atoms with Crippen molar-refractivity contribution in [3.8, 4) is 23.0 Å². The number of hydrogen-bond donors (Lipinski definition) is 0. The molecule has 0 fully saturated rings. The molecule has 5 heteroatoms. The molecule has 272 valence electrons. The number of fused-ring (bicyclic) bond motifs is 11. The maximum atomic E-state index is 5.51. The lowest BCUT2D eigenvalue weighted by atomic mass is 10.1. The molecule has 0 amide bonds. The molecule has 0 unspecified atom stereocenters. The van der Waals surface area contributed by atoms with Gasteiger partial charge in [-0.25, -0.2) is 4.98 Å². The molecule has 0 N–H and O–H groups in total. The summed E-state index contributed by atoms with van der Waals surface area (Å²) >= 11 is 0. The molecule has 5 aromatic heterocycles. The van der Waals surface area contributed by atoms with E-state index in [1.54, 1.807) is 0 Å². The Morgan fingerprint density at radius 3 is 1.47 bits per heavy atom. The predicted molar refractivity (Wildman–Crippen MR) is 244 cm³/mol. The van der Waals surface area contributed by atoms with Gasteiger partial charge in [-0.3, -0.25) is 9.13 Å². The maximum Gasteiger partial charge on any atom is 0.140 e. The summed E-state index contributed by atoms with van der Waals surface area (Å²) in [5, 5.41) is 8.34. The Hall–Kier alpha value is -7.89. The fraction of sp³-hybridized carbons (Fsp3) is 0. The lowest BCUT2D eigenvalue weighted by Gasteiger charge is -2.14. The van der Waals surface area contributed by atoms with Crippen molar-refractivity contribution >= 4 is 88.5 Å². The number of rotatable bonds is 6. The zero-order valence-corrected chi connectivity index (χ0v) is 31.5. The molecule has 0 aliphatic carbocycles. The van der Waals surface area contributed by atoms with Gasteiger partial charge in [-0.05, 0) is 72.8 Å². The average Bonchev–Trinajstić information content (AvgIpc) is 4.01. The van der Waals surface area contributed by atoms with E-state index < -0.39 is 0 Å². The highest BCUT2D eigenvalue weighted by atomic mass is 15.1. The molecular formula is C53H35N5. The molecule has 0 saturated carbocycles. The van der Waals surface area contributed by atoms with Crippen LogP contribution in [0.4, 0.5) is 0 Å².